The van der Waals surface area contributed by atoms with Gasteiger partial charge < -0.3 is 9.64 Å². The Morgan fingerprint density at radius 2 is 1.86 bits per heavy atom. The maximum absolute atomic E-state index is 12.2. The van der Waals surface area contributed by atoms with E-state index in [1.807, 2.05) is 48.2 Å². The number of benzene rings is 1. The van der Waals surface area contributed by atoms with E-state index in [-0.39, 0.29) is 5.91 Å². The second-order valence-electron chi connectivity index (χ2n) is 5.25. The summed E-state index contributed by atoms with van der Waals surface area (Å²) in [6.07, 6.45) is 3.91. The van der Waals surface area contributed by atoms with Crippen LogP contribution in [-0.4, -0.2) is 28.9 Å². The number of carbonyl (C=O) groups excluding carboxylic acids is 1. The normalized spacial score (nSPS) is 14.2. The van der Waals surface area contributed by atoms with Gasteiger partial charge in [-0.05, 0) is 50.1 Å². The van der Waals surface area contributed by atoms with Crippen molar-refractivity contribution in [2.75, 3.05) is 13.1 Å². The van der Waals surface area contributed by atoms with E-state index in [9.17, 15) is 4.79 Å². The number of amides is 1. The Bertz CT molecular complexity index is 631. The maximum Gasteiger partial charge on any atom is 0.253 e. The summed E-state index contributed by atoms with van der Waals surface area (Å²) < 4.78 is 5.73. The lowest BCUT2D eigenvalue weighted by atomic mass is 10.2. The van der Waals surface area contributed by atoms with Gasteiger partial charge in [0.1, 0.15) is 5.75 Å². The molecule has 2 aromatic rings. The van der Waals surface area contributed by atoms with Crippen LogP contribution in [0.5, 0.6) is 11.6 Å². The number of aryl methyl sites for hydroxylation is 1. The van der Waals surface area contributed by atoms with Gasteiger partial charge in [-0.15, -0.1) is 0 Å². The standard InChI is InChI=1S/C17H18N2O2/c1-13-5-4-10-18-16(13)21-15-8-6-14(7-9-15)17(20)19-11-2-3-12-19/h4-10H,2-3,11-12H2,1H3. The molecule has 3 rings (SSSR count). The molecule has 2 heterocycles. The summed E-state index contributed by atoms with van der Waals surface area (Å²) in [6.45, 7) is 3.68. The van der Waals surface area contributed by atoms with Crippen LogP contribution < -0.4 is 4.74 Å². The molecule has 4 nitrogen and oxygen atoms in total. The Labute approximate surface area is 124 Å². The fraction of sp³-hybridized carbons (Fsp3) is 0.294. The highest BCUT2D eigenvalue weighted by Crippen LogP contribution is 2.23. The topological polar surface area (TPSA) is 42.4 Å². The fourth-order valence-corrected chi connectivity index (χ4v) is 2.46. The molecule has 0 radical (unpaired) electrons. The van der Waals surface area contributed by atoms with E-state index in [4.69, 9.17) is 4.74 Å². The molecule has 0 atom stereocenters. The van der Waals surface area contributed by atoms with E-state index >= 15 is 0 Å². The summed E-state index contributed by atoms with van der Waals surface area (Å²) in [5.41, 5.74) is 1.69. The molecule has 1 aliphatic heterocycles. The molecule has 0 unspecified atom stereocenters. The van der Waals surface area contributed by atoms with Gasteiger partial charge in [-0.1, -0.05) is 6.07 Å². The minimum Gasteiger partial charge on any atom is -0.439 e. The van der Waals surface area contributed by atoms with Crippen LogP contribution in [0.4, 0.5) is 0 Å². The molecule has 4 heteroatoms. The number of likely N-dealkylation sites (tertiary alicyclic amines) is 1. The number of hydrogen-bond acceptors (Lipinski definition) is 3. The van der Waals surface area contributed by atoms with Gasteiger partial charge in [-0.3, -0.25) is 4.79 Å². The van der Waals surface area contributed by atoms with Crippen molar-refractivity contribution in [2.45, 2.75) is 19.8 Å². The number of aromatic nitrogens is 1. The van der Waals surface area contributed by atoms with Gasteiger partial charge in [0.2, 0.25) is 5.88 Å². The van der Waals surface area contributed by atoms with E-state index in [1.54, 1.807) is 6.20 Å². The number of nitrogens with zero attached hydrogens (tertiary/aromatic N) is 2. The van der Waals surface area contributed by atoms with E-state index in [1.165, 1.54) is 0 Å². The first-order chi connectivity index (χ1) is 10.2. The first-order valence-electron chi connectivity index (χ1n) is 7.23. The van der Waals surface area contributed by atoms with Crippen LogP contribution in [-0.2, 0) is 0 Å². The van der Waals surface area contributed by atoms with Crippen LogP contribution in [0.15, 0.2) is 42.6 Å². The quantitative estimate of drug-likeness (QED) is 0.866. The molecule has 0 N–H and O–H groups in total. The lowest BCUT2D eigenvalue weighted by Gasteiger charge is -2.15. The van der Waals surface area contributed by atoms with Crippen molar-refractivity contribution in [3.63, 3.8) is 0 Å². The summed E-state index contributed by atoms with van der Waals surface area (Å²) >= 11 is 0. The number of hydrogen-bond donors (Lipinski definition) is 0. The average Bonchev–Trinajstić information content (AvgIpc) is 3.04. The van der Waals surface area contributed by atoms with E-state index in [2.05, 4.69) is 4.98 Å². The van der Waals surface area contributed by atoms with Crippen molar-refractivity contribution in [3.05, 3.63) is 53.7 Å². The second kappa shape index (κ2) is 5.95. The molecule has 0 aliphatic carbocycles. The molecule has 1 saturated heterocycles. The third kappa shape index (κ3) is 3.05. The summed E-state index contributed by atoms with van der Waals surface area (Å²) in [7, 11) is 0. The molecule has 0 saturated carbocycles. The molecule has 1 fully saturated rings. The van der Waals surface area contributed by atoms with Gasteiger partial charge in [0, 0.05) is 30.4 Å². The molecule has 1 aliphatic rings. The number of pyridine rings is 1. The van der Waals surface area contributed by atoms with Gasteiger partial charge in [-0.2, -0.15) is 0 Å². The fourth-order valence-electron chi connectivity index (χ4n) is 2.46. The van der Waals surface area contributed by atoms with Crippen molar-refractivity contribution in [1.29, 1.82) is 0 Å². The molecule has 1 aromatic heterocycles. The Morgan fingerprint density at radius 3 is 2.52 bits per heavy atom. The van der Waals surface area contributed by atoms with Crippen molar-refractivity contribution in [1.82, 2.24) is 9.88 Å². The zero-order valence-electron chi connectivity index (χ0n) is 12.1. The van der Waals surface area contributed by atoms with Crippen LogP contribution in [0.25, 0.3) is 0 Å². The molecule has 0 bridgehead atoms. The third-order valence-electron chi connectivity index (χ3n) is 3.67. The second-order valence-corrected chi connectivity index (χ2v) is 5.25. The molecule has 1 aromatic carbocycles. The van der Waals surface area contributed by atoms with Crippen LogP contribution >= 0.6 is 0 Å². The largest absolute Gasteiger partial charge is 0.439 e. The van der Waals surface area contributed by atoms with Gasteiger partial charge in [0.05, 0.1) is 0 Å². The lowest BCUT2D eigenvalue weighted by molar-refractivity contribution is 0.0793. The summed E-state index contributed by atoms with van der Waals surface area (Å²) in [4.78, 5) is 18.3. The molecule has 108 valence electrons. The van der Waals surface area contributed by atoms with Crippen LogP contribution in [0.3, 0.4) is 0 Å². The molecule has 21 heavy (non-hydrogen) atoms. The minimum absolute atomic E-state index is 0.105. The Kier molecular flexibility index (Phi) is 3.86. The van der Waals surface area contributed by atoms with Crippen LogP contribution in [0.1, 0.15) is 28.8 Å². The predicted molar refractivity (Wildman–Crippen MR) is 80.6 cm³/mol. The van der Waals surface area contributed by atoms with Gasteiger partial charge >= 0.3 is 0 Å². The number of carbonyl (C=O) groups is 1. The van der Waals surface area contributed by atoms with E-state index in [0.717, 1.165) is 31.5 Å². The van der Waals surface area contributed by atoms with Crippen molar-refractivity contribution in [2.24, 2.45) is 0 Å². The summed E-state index contributed by atoms with van der Waals surface area (Å²) in [6, 6.07) is 11.1. The van der Waals surface area contributed by atoms with E-state index < -0.39 is 0 Å². The highest BCUT2D eigenvalue weighted by Gasteiger charge is 2.19. The zero-order valence-corrected chi connectivity index (χ0v) is 12.1. The van der Waals surface area contributed by atoms with Crippen molar-refractivity contribution >= 4 is 5.91 Å². The monoisotopic (exact) mass is 282 g/mol. The smallest absolute Gasteiger partial charge is 0.253 e. The Hall–Kier alpha value is -2.36. The number of rotatable bonds is 3. The molecular weight excluding hydrogens is 264 g/mol. The Morgan fingerprint density at radius 1 is 1.14 bits per heavy atom. The van der Waals surface area contributed by atoms with Crippen molar-refractivity contribution < 1.29 is 9.53 Å². The van der Waals surface area contributed by atoms with E-state index in [0.29, 0.717) is 17.2 Å². The SMILES string of the molecule is Cc1cccnc1Oc1ccc(C(=O)N2CCCC2)cc1. The lowest BCUT2D eigenvalue weighted by Crippen LogP contribution is -2.27. The van der Waals surface area contributed by atoms with Gasteiger partial charge in [0.25, 0.3) is 5.91 Å². The highest BCUT2D eigenvalue weighted by atomic mass is 16.5. The first-order valence-corrected chi connectivity index (χ1v) is 7.23. The van der Waals surface area contributed by atoms with Crippen molar-refractivity contribution in [3.8, 4) is 11.6 Å². The molecular formula is C17H18N2O2. The molecule has 0 spiro atoms. The zero-order chi connectivity index (χ0) is 14.7. The van der Waals surface area contributed by atoms with Gasteiger partial charge in [-0.25, -0.2) is 4.98 Å². The van der Waals surface area contributed by atoms with Crippen LogP contribution in [0.2, 0.25) is 0 Å². The average molecular weight is 282 g/mol. The van der Waals surface area contributed by atoms with Crippen LogP contribution in [0, 0.1) is 6.92 Å². The maximum atomic E-state index is 12.2. The Balaban J connectivity index is 1.72. The summed E-state index contributed by atoms with van der Waals surface area (Å²) in [5.74, 6) is 1.39. The van der Waals surface area contributed by atoms with Gasteiger partial charge in [0.15, 0.2) is 0 Å². The predicted octanol–water partition coefficient (Wildman–Crippen LogP) is 3.42. The third-order valence-corrected chi connectivity index (χ3v) is 3.67. The first kappa shape index (κ1) is 13.6. The molecule has 1 amide bonds. The summed E-state index contributed by atoms with van der Waals surface area (Å²) in [5, 5.41) is 0. The minimum atomic E-state index is 0.105. The number of ether oxygens (including phenoxy) is 1. The highest BCUT2D eigenvalue weighted by molar-refractivity contribution is 5.94.